The van der Waals surface area contributed by atoms with Crippen molar-refractivity contribution in [3.05, 3.63) is 39.9 Å². The zero-order chi connectivity index (χ0) is 17.5. The van der Waals surface area contributed by atoms with Crippen LogP contribution in [-0.2, 0) is 5.41 Å². The molecule has 0 bridgehead atoms. The highest BCUT2D eigenvalue weighted by Gasteiger charge is 2.22. The number of carbonyl (C=O) groups excluding carboxylic acids is 1. The Hall–Kier alpha value is -2.35. The maximum absolute atomic E-state index is 12.4. The van der Waals surface area contributed by atoms with Gasteiger partial charge in [0, 0.05) is 22.7 Å². The average molecular weight is 344 g/mol. The zero-order valence-electron chi connectivity index (χ0n) is 14.4. The van der Waals surface area contributed by atoms with Gasteiger partial charge in [-0.2, -0.15) is 4.98 Å². The molecule has 3 rings (SSSR count). The van der Waals surface area contributed by atoms with Crippen LogP contribution in [0.5, 0.6) is 0 Å². The molecule has 1 atom stereocenters. The summed E-state index contributed by atoms with van der Waals surface area (Å²) in [5.41, 5.74) is 1.88. The van der Waals surface area contributed by atoms with Crippen molar-refractivity contribution in [2.75, 3.05) is 0 Å². The van der Waals surface area contributed by atoms with Crippen molar-refractivity contribution in [1.29, 1.82) is 0 Å². The number of nitrogens with zero attached hydrogens (tertiary/aromatic N) is 5. The van der Waals surface area contributed by atoms with E-state index in [4.69, 9.17) is 0 Å². The predicted octanol–water partition coefficient (Wildman–Crippen LogP) is 2.68. The number of hydrogen-bond donors (Lipinski definition) is 1. The third-order valence-corrected chi connectivity index (χ3v) is 4.67. The van der Waals surface area contributed by atoms with Gasteiger partial charge >= 0.3 is 0 Å². The van der Waals surface area contributed by atoms with Gasteiger partial charge in [-0.25, -0.2) is 14.5 Å². The first-order chi connectivity index (χ1) is 11.3. The van der Waals surface area contributed by atoms with E-state index in [0.717, 1.165) is 16.4 Å². The summed E-state index contributed by atoms with van der Waals surface area (Å²) in [4.78, 5) is 25.3. The van der Waals surface area contributed by atoms with E-state index in [9.17, 15) is 4.79 Å². The van der Waals surface area contributed by atoms with E-state index in [1.807, 2.05) is 25.3 Å². The molecule has 24 heavy (non-hydrogen) atoms. The van der Waals surface area contributed by atoms with Crippen LogP contribution >= 0.6 is 11.3 Å². The summed E-state index contributed by atoms with van der Waals surface area (Å²) >= 11 is 1.54. The molecule has 3 heterocycles. The Morgan fingerprint density at radius 3 is 2.71 bits per heavy atom. The lowest BCUT2D eigenvalue weighted by atomic mass is 9.93. The van der Waals surface area contributed by atoms with Gasteiger partial charge in [0.25, 0.3) is 11.7 Å². The van der Waals surface area contributed by atoms with Gasteiger partial charge < -0.3 is 5.32 Å². The van der Waals surface area contributed by atoms with Crippen molar-refractivity contribution in [3.63, 3.8) is 0 Å². The third kappa shape index (κ3) is 3.14. The van der Waals surface area contributed by atoms with Gasteiger partial charge in [0.15, 0.2) is 0 Å². The summed E-state index contributed by atoms with van der Waals surface area (Å²) in [5.74, 6) is 0.188. The van der Waals surface area contributed by atoms with E-state index < -0.39 is 0 Å². The molecule has 7 nitrogen and oxygen atoms in total. The molecule has 1 amide bonds. The number of hydrogen-bond acceptors (Lipinski definition) is 6. The van der Waals surface area contributed by atoms with Crippen LogP contribution in [-0.4, -0.2) is 30.5 Å². The van der Waals surface area contributed by atoms with Crippen LogP contribution in [0.1, 0.15) is 60.8 Å². The van der Waals surface area contributed by atoms with Crippen molar-refractivity contribution < 1.29 is 4.79 Å². The van der Waals surface area contributed by atoms with Crippen LogP contribution in [0.15, 0.2) is 17.6 Å². The van der Waals surface area contributed by atoms with Crippen molar-refractivity contribution in [3.8, 4) is 0 Å². The average Bonchev–Trinajstić information content (AvgIpc) is 3.14. The summed E-state index contributed by atoms with van der Waals surface area (Å²) in [6.45, 7) is 10.1. The minimum Gasteiger partial charge on any atom is -0.340 e. The predicted molar refractivity (Wildman–Crippen MR) is 92.2 cm³/mol. The molecule has 0 fully saturated rings. The fraction of sp³-hybridized carbons (Fsp3) is 0.438. The zero-order valence-corrected chi connectivity index (χ0v) is 15.2. The Labute approximate surface area is 144 Å². The number of nitrogens with one attached hydrogen (secondary N) is 1. The van der Waals surface area contributed by atoms with E-state index in [1.165, 1.54) is 0 Å². The van der Waals surface area contributed by atoms with Gasteiger partial charge in [-0.15, -0.1) is 16.4 Å². The molecule has 0 spiro atoms. The summed E-state index contributed by atoms with van der Waals surface area (Å²) < 4.78 is 1.56. The molecule has 0 saturated carbocycles. The standard InChI is InChI=1S/C16H20N6OS/c1-9-6-7-17-15-20-12(21-22(9)15)13(23)18-10(2)14-19-11(8-24-14)16(3,4)5/h6-8,10H,1-5H3,(H,18,23)/t10-/m0/s1. The number of aryl methyl sites for hydroxylation is 1. The molecular weight excluding hydrogens is 324 g/mol. The van der Waals surface area contributed by atoms with Crippen LogP contribution in [0.2, 0.25) is 0 Å². The highest BCUT2D eigenvalue weighted by Crippen LogP contribution is 2.26. The second-order valence-corrected chi connectivity index (χ2v) is 7.64. The van der Waals surface area contributed by atoms with E-state index >= 15 is 0 Å². The number of aromatic nitrogens is 5. The van der Waals surface area contributed by atoms with Crippen LogP contribution < -0.4 is 5.32 Å². The van der Waals surface area contributed by atoms with E-state index in [-0.39, 0.29) is 23.2 Å². The van der Waals surface area contributed by atoms with Gasteiger partial charge in [0.1, 0.15) is 5.01 Å². The summed E-state index contributed by atoms with van der Waals surface area (Å²) in [5, 5.41) is 10.0. The first kappa shape index (κ1) is 16.5. The van der Waals surface area contributed by atoms with Gasteiger partial charge in [-0.05, 0) is 19.9 Å². The summed E-state index contributed by atoms with van der Waals surface area (Å²) in [7, 11) is 0. The Kier molecular flexibility index (Phi) is 4.08. The molecule has 8 heteroatoms. The normalized spacial score (nSPS) is 13.2. The van der Waals surface area contributed by atoms with Crippen molar-refractivity contribution in [1.82, 2.24) is 29.9 Å². The fourth-order valence-corrected chi connectivity index (χ4v) is 3.21. The van der Waals surface area contributed by atoms with Crippen molar-refractivity contribution >= 4 is 23.0 Å². The molecule has 3 aromatic rings. The van der Waals surface area contributed by atoms with E-state index in [0.29, 0.717) is 5.78 Å². The van der Waals surface area contributed by atoms with Crippen molar-refractivity contribution in [2.24, 2.45) is 0 Å². The molecule has 0 radical (unpaired) electrons. The minimum atomic E-state index is -0.333. The van der Waals surface area contributed by atoms with Gasteiger partial charge in [-0.1, -0.05) is 20.8 Å². The fourth-order valence-electron chi connectivity index (χ4n) is 2.16. The topological polar surface area (TPSA) is 85.1 Å². The molecular formula is C16H20N6OS. The lowest BCUT2D eigenvalue weighted by Crippen LogP contribution is -2.27. The number of fused-ring (bicyclic) bond motifs is 1. The highest BCUT2D eigenvalue weighted by atomic mass is 32.1. The maximum Gasteiger partial charge on any atom is 0.291 e. The molecule has 3 aromatic heterocycles. The van der Waals surface area contributed by atoms with E-state index in [1.54, 1.807) is 22.0 Å². The minimum absolute atomic E-state index is 0.00910. The molecule has 0 aromatic carbocycles. The first-order valence-electron chi connectivity index (χ1n) is 7.71. The van der Waals surface area contributed by atoms with Crippen LogP contribution in [0.4, 0.5) is 0 Å². The number of amides is 1. The SMILES string of the molecule is Cc1ccnc2nc(C(=O)N[C@@H](C)c3nc(C(C)(C)C)cs3)nn12. The Bertz CT molecular complexity index is 891. The molecule has 1 N–H and O–H groups in total. The third-order valence-electron chi connectivity index (χ3n) is 3.64. The van der Waals surface area contributed by atoms with Crippen LogP contribution in [0, 0.1) is 6.92 Å². The molecule has 0 aliphatic heterocycles. The summed E-state index contributed by atoms with van der Waals surface area (Å²) in [6, 6.07) is 1.61. The van der Waals surface area contributed by atoms with Gasteiger partial charge in [0.2, 0.25) is 5.82 Å². The lowest BCUT2D eigenvalue weighted by Gasteiger charge is -2.15. The highest BCUT2D eigenvalue weighted by molar-refractivity contribution is 7.09. The lowest BCUT2D eigenvalue weighted by molar-refractivity contribution is 0.0929. The second kappa shape index (κ2) is 5.94. The number of thiazole rings is 1. The monoisotopic (exact) mass is 344 g/mol. The molecule has 0 saturated heterocycles. The number of carbonyl (C=O) groups is 1. The Morgan fingerprint density at radius 2 is 2.08 bits per heavy atom. The Morgan fingerprint density at radius 1 is 1.33 bits per heavy atom. The maximum atomic E-state index is 12.4. The van der Waals surface area contributed by atoms with Gasteiger partial charge in [-0.3, -0.25) is 4.79 Å². The molecule has 0 unspecified atom stereocenters. The van der Waals surface area contributed by atoms with E-state index in [2.05, 4.69) is 46.1 Å². The molecule has 0 aliphatic carbocycles. The molecule has 0 aliphatic rings. The molecule has 126 valence electrons. The smallest absolute Gasteiger partial charge is 0.291 e. The largest absolute Gasteiger partial charge is 0.340 e. The van der Waals surface area contributed by atoms with Crippen molar-refractivity contribution in [2.45, 2.75) is 46.1 Å². The quantitative estimate of drug-likeness (QED) is 0.789. The van der Waals surface area contributed by atoms with Crippen LogP contribution in [0.3, 0.4) is 0 Å². The van der Waals surface area contributed by atoms with Crippen LogP contribution in [0.25, 0.3) is 5.78 Å². The number of rotatable bonds is 3. The first-order valence-corrected chi connectivity index (χ1v) is 8.59. The Balaban J connectivity index is 1.78. The summed E-state index contributed by atoms with van der Waals surface area (Å²) in [6.07, 6.45) is 1.65. The second-order valence-electron chi connectivity index (χ2n) is 6.75. The van der Waals surface area contributed by atoms with Gasteiger partial charge in [0.05, 0.1) is 11.7 Å².